The van der Waals surface area contributed by atoms with Crippen LogP contribution in [0, 0.1) is 22.0 Å². The normalized spacial score (nSPS) is 11.4. The second-order valence-electron chi connectivity index (χ2n) is 3.38. The van der Waals surface area contributed by atoms with Crippen LogP contribution >= 0.6 is 0 Å². The zero-order valence-corrected chi connectivity index (χ0v) is 9.36. The quantitative estimate of drug-likeness (QED) is 0.479. The first-order valence-corrected chi connectivity index (χ1v) is 5.02. The van der Waals surface area contributed by atoms with Gasteiger partial charge in [0.25, 0.3) is 5.69 Å². The third-order valence-electron chi connectivity index (χ3n) is 2.28. The zero-order chi connectivity index (χ0) is 12.0. The fourth-order valence-corrected chi connectivity index (χ4v) is 1.30. The maximum Gasteiger partial charge on any atom is 0.269 e. The molecule has 4 heteroatoms. The fraction of sp³-hybridized carbons (Fsp3) is 0.333. The summed E-state index contributed by atoms with van der Waals surface area (Å²) in [6, 6.07) is 6.68. The van der Waals surface area contributed by atoms with Crippen molar-refractivity contribution >= 4 is 5.69 Å². The molecule has 1 aromatic rings. The number of nitrogens with zero attached hydrogens (tertiary/aromatic N) is 1. The monoisotopic (exact) mass is 218 g/mol. The summed E-state index contributed by atoms with van der Waals surface area (Å²) < 4.78 is 0. The molecule has 0 aliphatic heterocycles. The van der Waals surface area contributed by atoms with Crippen molar-refractivity contribution in [2.75, 3.05) is 6.54 Å². The van der Waals surface area contributed by atoms with E-state index in [9.17, 15) is 10.1 Å². The molecule has 0 radical (unpaired) electrons. The third-order valence-corrected chi connectivity index (χ3v) is 2.28. The topological polar surface area (TPSA) is 55.2 Å². The summed E-state index contributed by atoms with van der Waals surface area (Å²) in [5, 5.41) is 13.7. The third kappa shape index (κ3) is 3.37. The minimum atomic E-state index is -0.398. The Morgan fingerprint density at radius 1 is 1.44 bits per heavy atom. The molecule has 1 unspecified atom stereocenters. The van der Waals surface area contributed by atoms with E-state index in [0.29, 0.717) is 6.54 Å². The Bertz CT molecular complexity index is 415. The highest BCUT2D eigenvalue weighted by atomic mass is 16.6. The van der Waals surface area contributed by atoms with Gasteiger partial charge in [-0.25, -0.2) is 0 Å². The first kappa shape index (κ1) is 12.2. The standard InChI is InChI=1S/C12H14N2O2/c1-3-4-9-13-10(2)11-5-7-12(8-6-11)14(15)16/h5-8,10,13H,9H2,1-2H3. The molecule has 0 heterocycles. The Morgan fingerprint density at radius 2 is 2.06 bits per heavy atom. The molecule has 1 atom stereocenters. The second-order valence-corrected chi connectivity index (χ2v) is 3.38. The number of non-ortho nitro benzene ring substituents is 1. The van der Waals surface area contributed by atoms with Crippen LogP contribution < -0.4 is 5.32 Å². The van der Waals surface area contributed by atoms with E-state index >= 15 is 0 Å². The van der Waals surface area contributed by atoms with Crippen LogP contribution in [-0.4, -0.2) is 11.5 Å². The van der Waals surface area contributed by atoms with Crippen LogP contribution in [0.2, 0.25) is 0 Å². The molecule has 16 heavy (non-hydrogen) atoms. The van der Waals surface area contributed by atoms with Crippen LogP contribution in [0.5, 0.6) is 0 Å². The van der Waals surface area contributed by atoms with Crippen molar-refractivity contribution in [1.29, 1.82) is 0 Å². The molecule has 1 rings (SSSR count). The van der Waals surface area contributed by atoms with Gasteiger partial charge in [0.1, 0.15) is 0 Å². The molecule has 0 aliphatic carbocycles. The van der Waals surface area contributed by atoms with Crippen molar-refractivity contribution in [3.8, 4) is 11.8 Å². The van der Waals surface area contributed by atoms with Crippen molar-refractivity contribution in [2.45, 2.75) is 19.9 Å². The number of nitro benzene ring substituents is 1. The highest BCUT2D eigenvalue weighted by Crippen LogP contribution is 2.16. The van der Waals surface area contributed by atoms with Gasteiger partial charge in [-0.1, -0.05) is 18.1 Å². The van der Waals surface area contributed by atoms with Crippen LogP contribution in [-0.2, 0) is 0 Å². The van der Waals surface area contributed by atoms with E-state index in [1.54, 1.807) is 19.1 Å². The molecule has 0 bridgehead atoms. The van der Waals surface area contributed by atoms with E-state index in [1.165, 1.54) is 12.1 Å². The predicted molar refractivity (Wildman–Crippen MR) is 63.0 cm³/mol. The van der Waals surface area contributed by atoms with Crippen LogP contribution in [0.4, 0.5) is 5.69 Å². The summed E-state index contributed by atoms with van der Waals surface area (Å²) >= 11 is 0. The Hall–Kier alpha value is -1.86. The number of benzene rings is 1. The number of rotatable bonds is 4. The SMILES string of the molecule is CC#CCNC(C)c1ccc([N+](=O)[O-])cc1. The highest BCUT2D eigenvalue weighted by molar-refractivity contribution is 5.34. The smallest absolute Gasteiger partial charge is 0.269 e. The molecule has 0 amide bonds. The lowest BCUT2D eigenvalue weighted by molar-refractivity contribution is -0.384. The summed E-state index contributed by atoms with van der Waals surface area (Å²) in [7, 11) is 0. The molecular weight excluding hydrogens is 204 g/mol. The van der Waals surface area contributed by atoms with Crippen molar-refractivity contribution in [1.82, 2.24) is 5.32 Å². The average Bonchev–Trinajstić information content (AvgIpc) is 2.29. The molecule has 0 aromatic heterocycles. The molecule has 4 nitrogen and oxygen atoms in total. The van der Waals surface area contributed by atoms with E-state index in [0.717, 1.165) is 5.56 Å². The van der Waals surface area contributed by atoms with Gasteiger partial charge in [0.15, 0.2) is 0 Å². The Labute approximate surface area is 94.8 Å². The van der Waals surface area contributed by atoms with Gasteiger partial charge in [0, 0.05) is 18.2 Å². The molecule has 1 aromatic carbocycles. The van der Waals surface area contributed by atoms with Crippen LogP contribution in [0.15, 0.2) is 24.3 Å². The lowest BCUT2D eigenvalue weighted by Crippen LogP contribution is -2.18. The summed E-state index contributed by atoms with van der Waals surface area (Å²) in [6.45, 7) is 4.41. The lowest BCUT2D eigenvalue weighted by Gasteiger charge is -2.11. The van der Waals surface area contributed by atoms with E-state index in [-0.39, 0.29) is 11.7 Å². The van der Waals surface area contributed by atoms with Gasteiger partial charge in [-0.15, -0.1) is 5.92 Å². The highest BCUT2D eigenvalue weighted by Gasteiger charge is 2.07. The first-order chi connectivity index (χ1) is 7.65. The van der Waals surface area contributed by atoms with Gasteiger partial charge in [0.2, 0.25) is 0 Å². The number of nitrogens with one attached hydrogen (secondary N) is 1. The van der Waals surface area contributed by atoms with Crippen molar-refractivity contribution in [3.63, 3.8) is 0 Å². The Balaban J connectivity index is 2.65. The summed E-state index contributed by atoms with van der Waals surface area (Å²) in [5.74, 6) is 5.71. The van der Waals surface area contributed by atoms with E-state index < -0.39 is 4.92 Å². The van der Waals surface area contributed by atoms with Crippen molar-refractivity contribution < 1.29 is 4.92 Å². The van der Waals surface area contributed by atoms with Crippen molar-refractivity contribution in [2.24, 2.45) is 0 Å². The van der Waals surface area contributed by atoms with Gasteiger partial charge in [-0.3, -0.25) is 15.4 Å². The summed E-state index contributed by atoms with van der Waals surface area (Å²) in [5.41, 5.74) is 1.13. The molecule has 0 saturated heterocycles. The minimum absolute atomic E-state index is 0.115. The zero-order valence-electron chi connectivity index (χ0n) is 9.36. The summed E-state index contributed by atoms with van der Waals surface area (Å²) in [6.07, 6.45) is 0. The van der Waals surface area contributed by atoms with Crippen molar-refractivity contribution in [3.05, 3.63) is 39.9 Å². The maximum atomic E-state index is 10.5. The van der Waals surface area contributed by atoms with Gasteiger partial charge < -0.3 is 0 Å². The van der Waals surface area contributed by atoms with E-state index in [4.69, 9.17) is 0 Å². The summed E-state index contributed by atoms with van der Waals surface area (Å²) in [4.78, 5) is 10.1. The molecule has 0 saturated carbocycles. The molecular formula is C12H14N2O2. The van der Waals surface area contributed by atoms with Gasteiger partial charge in [-0.2, -0.15) is 0 Å². The fourth-order valence-electron chi connectivity index (χ4n) is 1.30. The van der Waals surface area contributed by atoms with Gasteiger partial charge >= 0.3 is 0 Å². The molecule has 84 valence electrons. The molecule has 0 spiro atoms. The first-order valence-electron chi connectivity index (χ1n) is 5.02. The average molecular weight is 218 g/mol. The number of hydrogen-bond donors (Lipinski definition) is 1. The Morgan fingerprint density at radius 3 is 2.56 bits per heavy atom. The predicted octanol–water partition coefficient (Wildman–Crippen LogP) is 2.27. The van der Waals surface area contributed by atoms with E-state index in [1.807, 2.05) is 6.92 Å². The van der Waals surface area contributed by atoms with Gasteiger partial charge in [0.05, 0.1) is 11.5 Å². The number of nitro groups is 1. The number of hydrogen-bond acceptors (Lipinski definition) is 3. The largest absolute Gasteiger partial charge is 0.300 e. The van der Waals surface area contributed by atoms with Gasteiger partial charge in [-0.05, 0) is 19.4 Å². The van der Waals surface area contributed by atoms with E-state index in [2.05, 4.69) is 17.2 Å². The Kier molecular flexibility index (Phi) is 4.49. The maximum absolute atomic E-state index is 10.5. The van der Waals surface area contributed by atoms with Crippen LogP contribution in [0.3, 0.4) is 0 Å². The second kappa shape index (κ2) is 5.89. The molecule has 0 aliphatic rings. The van der Waals surface area contributed by atoms with Crippen LogP contribution in [0.25, 0.3) is 0 Å². The molecule has 1 N–H and O–H groups in total. The molecule has 0 fully saturated rings. The van der Waals surface area contributed by atoms with Crippen LogP contribution in [0.1, 0.15) is 25.5 Å². The minimum Gasteiger partial charge on any atom is -0.300 e. The lowest BCUT2D eigenvalue weighted by atomic mass is 10.1.